The Balaban J connectivity index is 1.32. The molecule has 1 aliphatic heterocycles. The molecular formula is C25H27N3O2. The molecule has 5 nitrogen and oxygen atoms in total. The van der Waals surface area contributed by atoms with E-state index in [0.717, 1.165) is 37.6 Å². The topological polar surface area (TPSA) is 65.2 Å². The Morgan fingerprint density at radius 2 is 1.83 bits per heavy atom. The van der Waals surface area contributed by atoms with Gasteiger partial charge in [0.1, 0.15) is 0 Å². The van der Waals surface area contributed by atoms with Gasteiger partial charge in [0.15, 0.2) is 0 Å². The van der Waals surface area contributed by atoms with E-state index in [1.807, 2.05) is 41.3 Å². The summed E-state index contributed by atoms with van der Waals surface area (Å²) >= 11 is 0. The Morgan fingerprint density at radius 3 is 2.70 bits per heavy atom. The van der Waals surface area contributed by atoms with Gasteiger partial charge < -0.3 is 15.2 Å². The van der Waals surface area contributed by atoms with Crippen LogP contribution in [-0.4, -0.2) is 28.2 Å². The average Bonchev–Trinajstić information content (AvgIpc) is 3.17. The molecule has 5 rings (SSSR count). The second-order valence-electron chi connectivity index (χ2n) is 8.51. The van der Waals surface area contributed by atoms with Gasteiger partial charge in [-0.15, -0.1) is 0 Å². The fourth-order valence-corrected chi connectivity index (χ4v) is 4.86. The summed E-state index contributed by atoms with van der Waals surface area (Å²) in [6, 6.07) is 15.6. The lowest BCUT2D eigenvalue weighted by Crippen LogP contribution is -2.35. The summed E-state index contributed by atoms with van der Waals surface area (Å²) in [6.07, 6.45) is 6.23. The summed E-state index contributed by atoms with van der Waals surface area (Å²) < 4.78 is 0. The molecule has 5 heteroatoms. The molecule has 2 aromatic carbocycles. The minimum absolute atomic E-state index is 0.0136. The molecule has 0 atom stereocenters. The van der Waals surface area contributed by atoms with Crippen LogP contribution in [0.3, 0.4) is 0 Å². The second-order valence-corrected chi connectivity index (χ2v) is 8.51. The minimum Gasteiger partial charge on any atom is -0.358 e. The zero-order chi connectivity index (χ0) is 20.5. The molecule has 30 heavy (non-hydrogen) atoms. The Morgan fingerprint density at radius 1 is 1.00 bits per heavy atom. The molecule has 2 N–H and O–H groups in total. The van der Waals surface area contributed by atoms with Gasteiger partial charge in [-0.25, -0.2) is 0 Å². The normalized spacial score (nSPS) is 17.0. The highest BCUT2D eigenvalue weighted by Gasteiger charge is 2.25. The van der Waals surface area contributed by atoms with Gasteiger partial charge in [0.2, 0.25) is 5.91 Å². The summed E-state index contributed by atoms with van der Waals surface area (Å²) in [4.78, 5) is 31.2. The number of hydrogen-bond acceptors (Lipinski definition) is 2. The first-order valence-corrected chi connectivity index (χ1v) is 11.0. The van der Waals surface area contributed by atoms with Crippen LogP contribution in [0.15, 0.2) is 48.5 Å². The van der Waals surface area contributed by atoms with Crippen LogP contribution in [0.5, 0.6) is 0 Å². The number of aromatic nitrogens is 1. The van der Waals surface area contributed by atoms with Crippen molar-refractivity contribution in [3.05, 3.63) is 65.4 Å². The lowest BCUT2D eigenvalue weighted by atomic mass is 9.88. The van der Waals surface area contributed by atoms with Gasteiger partial charge in [-0.05, 0) is 37.1 Å². The molecule has 0 radical (unpaired) electrons. The van der Waals surface area contributed by atoms with E-state index in [4.69, 9.17) is 0 Å². The molecule has 3 aromatic rings. The van der Waals surface area contributed by atoms with Crippen LogP contribution in [-0.2, 0) is 17.8 Å². The van der Waals surface area contributed by atoms with Crippen molar-refractivity contribution in [1.82, 2.24) is 9.88 Å². The number of aromatic amines is 1. The number of carbonyl (C=O) groups excluding carboxylic acids is 2. The number of fused-ring (bicyclic) bond motifs is 3. The van der Waals surface area contributed by atoms with Gasteiger partial charge in [0, 0.05) is 58.8 Å². The van der Waals surface area contributed by atoms with Gasteiger partial charge in [-0.3, -0.25) is 9.59 Å². The van der Waals surface area contributed by atoms with E-state index in [0.29, 0.717) is 24.3 Å². The Hall–Kier alpha value is -3.08. The highest BCUT2D eigenvalue weighted by molar-refractivity contribution is 5.98. The van der Waals surface area contributed by atoms with Crippen LogP contribution in [0.4, 0.5) is 5.69 Å². The zero-order valence-electron chi connectivity index (χ0n) is 17.1. The van der Waals surface area contributed by atoms with Crippen molar-refractivity contribution in [3.8, 4) is 0 Å². The molecule has 1 fully saturated rings. The third-order valence-electron chi connectivity index (χ3n) is 6.52. The van der Waals surface area contributed by atoms with Crippen molar-refractivity contribution < 1.29 is 9.59 Å². The second kappa shape index (κ2) is 7.98. The first kappa shape index (κ1) is 18.9. The van der Waals surface area contributed by atoms with Crippen molar-refractivity contribution in [2.24, 2.45) is 5.92 Å². The van der Waals surface area contributed by atoms with Crippen LogP contribution in [0.2, 0.25) is 0 Å². The molecule has 2 heterocycles. The molecule has 2 amide bonds. The molecule has 1 saturated carbocycles. The molecule has 0 bridgehead atoms. The summed E-state index contributed by atoms with van der Waals surface area (Å²) in [5.74, 6) is 0.195. The fraction of sp³-hybridized carbons (Fsp3) is 0.360. The summed E-state index contributed by atoms with van der Waals surface area (Å²) in [6.45, 7) is 1.30. The van der Waals surface area contributed by atoms with E-state index < -0.39 is 0 Å². The monoisotopic (exact) mass is 401 g/mol. The van der Waals surface area contributed by atoms with Gasteiger partial charge in [0.05, 0.1) is 0 Å². The molecule has 2 aliphatic rings. The lowest BCUT2D eigenvalue weighted by Gasteiger charge is -2.27. The van der Waals surface area contributed by atoms with Crippen LogP contribution in [0.1, 0.15) is 53.7 Å². The van der Waals surface area contributed by atoms with Gasteiger partial charge >= 0.3 is 0 Å². The Kier molecular flexibility index (Phi) is 5.03. The number of benzene rings is 2. The fourth-order valence-electron chi connectivity index (χ4n) is 4.86. The maximum absolute atomic E-state index is 13.2. The molecular weight excluding hydrogens is 374 g/mol. The molecule has 1 aromatic heterocycles. The van der Waals surface area contributed by atoms with Crippen LogP contribution in [0.25, 0.3) is 10.9 Å². The standard InChI is InChI=1S/C25H27N3O2/c29-24(17-7-2-1-3-8-17)26-19-10-6-9-18(15-19)25(30)28-14-13-23-21(16-28)20-11-4-5-12-22(20)27-23/h4-6,9-12,15,17,27H,1-3,7-8,13-14,16H2,(H,26,29). The Labute approximate surface area is 176 Å². The third-order valence-corrected chi connectivity index (χ3v) is 6.52. The first-order valence-electron chi connectivity index (χ1n) is 11.0. The SMILES string of the molecule is O=C(Nc1cccc(C(=O)N2CCc3[nH]c4ccccc4c3C2)c1)C1CCCCC1. The number of para-hydroxylation sites is 1. The highest BCUT2D eigenvalue weighted by Crippen LogP contribution is 2.29. The number of amides is 2. The first-order chi connectivity index (χ1) is 14.7. The molecule has 154 valence electrons. The van der Waals surface area contributed by atoms with E-state index >= 15 is 0 Å². The summed E-state index contributed by atoms with van der Waals surface area (Å²) in [7, 11) is 0. The number of nitrogens with one attached hydrogen (secondary N) is 2. The van der Waals surface area contributed by atoms with Crippen LogP contribution >= 0.6 is 0 Å². The number of nitrogens with zero attached hydrogens (tertiary/aromatic N) is 1. The van der Waals surface area contributed by atoms with Crippen molar-refractivity contribution >= 4 is 28.4 Å². The summed E-state index contributed by atoms with van der Waals surface area (Å²) in [5, 5.41) is 4.22. The van der Waals surface area contributed by atoms with Crippen LogP contribution in [0, 0.1) is 5.92 Å². The Bertz CT molecular complexity index is 1090. The van der Waals surface area contributed by atoms with Crippen molar-refractivity contribution in [1.29, 1.82) is 0 Å². The predicted molar refractivity (Wildman–Crippen MR) is 118 cm³/mol. The lowest BCUT2D eigenvalue weighted by molar-refractivity contribution is -0.120. The predicted octanol–water partition coefficient (Wildman–Crippen LogP) is 4.89. The smallest absolute Gasteiger partial charge is 0.254 e. The molecule has 0 saturated heterocycles. The van der Waals surface area contributed by atoms with Crippen molar-refractivity contribution in [2.75, 3.05) is 11.9 Å². The number of carbonyl (C=O) groups is 2. The van der Waals surface area contributed by atoms with E-state index in [9.17, 15) is 9.59 Å². The van der Waals surface area contributed by atoms with E-state index in [-0.39, 0.29) is 17.7 Å². The van der Waals surface area contributed by atoms with E-state index in [1.165, 1.54) is 23.1 Å². The van der Waals surface area contributed by atoms with Crippen molar-refractivity contribution in [3.63, 3.8) is 0 Å². The molecule has 0 spiro atoms. The number of H-pyrrole nitrogens is 1. The van der Waals surface area contributed by atoms with Crippen molar-refractivity contribution in [2.45, 2.75) is 45.1 Å². The maximum Gasteiger partial charge on any atom is 0.254 e. The zero-order valence-corrected chi connectivity index (χ0v) is 17.1. The largest absolute Gasteiger partial charge is 0.358 e. The number of rotatable bonds is 3. The molecule has 0 unspecified atom stereocenters. The molecule has 1 aliphatic carbocycles. The van der Waals surface area contributed by atoms with Gasteiger partial charge in [-0.2, -0.15) is 0 Å². The number of anilines is 1. The highest BCUT2D eigenvalue weighted by atomic mass is 16.2. The minimum atomic E-state index is 0.0136. The maximum atomic E-state index is 13.2. The van der Waals surface area contributed by atoms with Gasteiger partial charge in [-0.1, -0.05) is 43.5 Å². The average molecular weight is 402 g/mol. The third kappa shape index (κ3) is 3.60. The summed E-state index contributed by atoms with van der Waals surface area (Å²) in [5.41, 5.74) is 4.91. The van der Waals surface area contributed by atoms with E-state index in [1.54, 1.807) is 0 Å². The van der Waals surface area contributed by atoms with E-state index in [2.05, 4.69) is 22.4 Å². The van der Waals surface area contributed by atoms with Crippen LogP contribution < -0.4 is 5.32 Å². The quantitative estimate of drug-likeness (QED) is 0.657. The van der Waals surface area contributed by atoms with Gasteiger partial charge in [0.25, 0.3) is 5.91 Å². The number of hydrogen-bond donors (Lipinski definition) is 2.